The Kier molecular flexibility index (Phi) is 2.97. The van der Waals surface area contributed by atoms with Crippen LogP contribution in [0, 0.1) is 0 Å². The van der Waals surface area contributed by atoms with Crippen molar-refractivity contribution in [3.63, 3.8) is 0 Å². The van der Waals surface area contributed by atoms with E-state index in [0.29, 0.717) is 11.0 Å². The van der Waals surface area contributed by atoms with Crippen molar-refractivity contribution in [3.05, 3.63) is 52.4 Å². The lowest BCUT2D eigenvalue weighted by Gasteiger charge is -2.04. The molecule has 0 amide bonds. The van der Waals surface area contributed by atoms with Gasteiger partial charge in [0.15, 0.2) is 5.82 Å². The normalized spacial score (nSPS) is 10.8. The smallest absolute Gasteiger partial charge is 0.161 e. The fraction of sp³-hybridized carbons (Fsp3) is 0. The van der Waals surface area contributed by atoms with Crippen molar-refractivity contribution < 1.29 is 0 Å². The van der Waals surface area contributed by atoms with E-state index in [4.69, 9.17) is 11.6 Å². The summed E-state index contributed by atoms with van der Waals surface area (Å²) in [5.41, 5.74) is 1.72. The van der Waals surface area contributed by atoms with Gasteiger partial charge in [-0.15, -0.1) is 0 Å². The van der Waals surface area contributed by atoms with Crippen molar-refractivity contribution in [2.24, 2.45) is 0 Å². The molecular weight excluding hydrogens is 314 g/mol. The minimum atomic E-state index is 0.452. The van der Waals surface area contributed by atoms with Crippen LogP contribution >= 0.6 is 27.5 Å². The first kappa shape index (κ1) is 11.6. The zero-order valence-corrected chi connectivity index (χ0v) is 11.5. The number of rotatable bonds is 1. The van der Waals surface area contributed by atoms with Crippen molar-refractivity contribution in [2.45, 2.75) is 0 Å². The number of hydrogen-bond donors (Lipinski definition) is 0. The number of halogens is 2. The summed E-state index contributed by atoms with van der Waals surface area (Å²) in [6.07, 6.45) is 3.41. The predicted octanol–water partition coefficient (Wildman–Crippen LogP) is 4.11. The van der Waals surface area contributed by atoms with Gasteiger partial charge in [-0.1, -0.05) is 27.5 Å². The summed E-state index contributed by atoms with van der Waals surface area (Å²) in [4.78, 5) is 12.8. The van der Waals surface area contributed by atoms with E-state index in [1.165, 1.54) is 0 Å². The molecule has 18 heavy (non-hydrogen) atoms. The van der Waals surface area contributed by atoms with Crippen LogP contribution in [0.15, 0.2) is 47.2 Å². The molecule has 0 bridgehead atoms. The van der Waals surface area contributed by atoms with Crippen LogP contribution in [0.3, 0.4) is 0 Å². The molecule has 0 aliphatic heterocycles. The number of nitrogens with zero attached hydrogens (tertiary/aromatic N) is 3. The Balaban J connectivity index is 2.25. The van der Waals surface area contributed by atoms with Crippen LogP contribution in [0.1, 0.15) is 0 Å². The Morgan fingerprint density at radius 1 is 1.00 bits per heavy atom. The van der Waals surface area contributed by atoms with Gasteiger partial charge in [-0.25, -0.2) is 9.97 Å². The molecule has 0 saturated heterocycles. The molecule has 0 N–H and O–H groups in total. The van der Waals surface area contributed by atoms with E-state index in [0.717, 1.165) is 20.9 Å². The highest BCUT2D eigenvalue weighted by atomic mass is 79.9. The average molecular weight is 321 g/mol. The van der Waals surface area contributed by atoms with E-state index < -0.39 is 0 Å². The molecule has 88 valence electrons. The lowest BCUT2D eigenvalue weighted by Crippen LogP contribution is -1.92. The molecule has 1 aromatic carbocycles. The quantitative estimate of drug-likeness (QED) is 0.633. The van der Waals surface area contributed by atoms with Gasteiger partial charge in [-0.2, -0.15) is 0 Å². The van der Waals surface area contributed by atoms with Crippen LogP contribution in [-0.2, 0) is 0 Å². The SMILES string of the molecule is Clc1nc(-c2ccncc2)nc2ccc(Br)cc12. The molecule has 5 heteroatoms. The van der Waals surface area contributed by atoms with Crippen LogP contribution in [-0.4, -0.2) is 15.0 Å². The van der Waals surface area contributed by atoms with Crippen molar-refractivity contribution in [1.29, 1.82) is 0 Å². The third-order valence-corrected chi connectivity index (χ3v) is 3.33. The van der Waals surface area contributed by atoms with Crippen molar-refractivity contribution in [3.8, 4) is 11.4 Å². The van der Waals surface area contributed by atoms with Gasteiger partial charge in [-0.05, 0) is 30.3 Å². The highest BCUT2D eigenvalue weighted by molar-refractivity contribution is 9.10. The van der Waals surface area contributed by atoms with Gasteiger partial charge in [0.2, 0.25) is 0 Å². The van der Waals surface area contributed by atoms with Crippen LogP contribution in [0.25, 0.3) is 22.3 Å². The summed E-state index contributed by atoms with van der Waals surface area (Å²) in [5, 5.41) is 1.29. The van der Waals surface area contributed by atoms with Crippen LogP contribution < -0.4 is 0 Å². The molecule has 0 aliphatic rings. The zero-order valence-electron chi connectivity index (χ0n) is 9.14. The monoisotopic (exact) mass is 319 g/mol. The standard InChI is InChI=1S/C13H7BrClN3/c14-9-1-2-11-10(7-9)12(15)18-13(17-11)8-3-5-16-6-4-8/h1-7H. The maximum absolute atomic E-state index is 6.20. The van der Waals surface area contributed by atoms with E-state index in [9.17, 15) is 0 Å². The summed E-state index contributed by atoms with van der Waals surface area (Å²) >= 11 is 9.60. The highest BCUT2D eigenvalue weighted by Crippen LogP contribution is 2.26. The first-order chi connectivity index (χ1) is 8.74. The second-order valence-corrected chi connectivity index (χ2v) is 5.01. The Labute approximate surface area is 117 Å². The number of hydrogen-bond acceptors (Lipinski definition) is 3. The Bertz CT molecular complexity index is 716. The van der Waals surface area contributed by atoms with Crippen molar-refractivity contribution >= 4 is 38.4 Å². The van der Waals surface area contributed by atoms with Crippen LogP contribution in [0.5, 0.6) is 0 Å². The van der Waals surface area contributed by atoms with Gasteiger partial charge in [0.1, 0.15) is 5.15 Å². The molecule has 0 aliphatic carbocycles. The molecule has 0 unspecified atom stereocenters. The maximum Gasteiger partial charge on any atom is 0.161 e. The van der Waals surface area contributed by atoms with E-state index in [1.54, 1.807) is 12.4 Å². The minimum absolute atomic E-state index is 0.452. The first-order valence-electron chi connectivity index (χ1n) is 5.27. The molecule has 0 atom stereocenters. The number of benzene rings is 1. The molecule has 3 aromatic rings. The Morgan fingerprint density at radius 2 is 1.78 bits per heavy atom. The van der Waals surface area contributed by atoms with Gasteiger partial charge in [0.05, 0.1) is 5.52 Å². The number of pyridine rings is 1. The third kappa shape index (κ3) is 2.09. The topological polar surface area (TPSA) is 38.7 Å². The highest BCUT2D eigenvalue weighted by Gasteiger charge is 2.07. The van der Waals surface area contributed by atoms with E-state index in [1.807, 2.05) is 30.3 Å². The molecule has 0 spiro atoms. The fourth-order valence-corrected chi connectivity index (χ4v) is 2.29. The Hall–Kier alpha value is -1.52. The van der Waals surface area contributed by atoms with Crippen molar-refractivity contribution in [2.75, 3.05) is 0 Å². The summed E-state index contributed by atoms with van der Waals surface area (Å²) < 4.78 is 0.956. The van der Waals surface area contributed by atoms with Gasteiger partial charge in [0.25, 0.3) is 0 Å². The second-order valence-electron chi connectivity index (χ2n) is 3.74. The average Bonchev–Trinajstić information content (AvgIpc) is 2.40. The van der Waals surface area contributed by atoms with Crippen molar-refractivity contribution in [1.82, 2.24) is 15.0 Å². The summed E-state index contributed by atoms with van der Waals surface area (Å²) in [6.45, 7) is 0. The fourth-order valence-electron chi connectivity index (χ4n) is 1.69. The molecule has 3 nitrogen and oxygen atoms in total. The summed E-state index contributed by atoms with van der Waals surface area (Å²) in [7, 11) is 0. The summed E-state index contributed by atoms with van der Waals surface area (Å²) in [5.74, 6) is 0.609. The van der Waals surface area contributed by atoms with Gasteiger partial charge >= 0.3 is 0 Å². The molecule has 0 fully saturated rings. The van der Waals surface area contributed by atoms with E-state index in [-0.39, 0.29) is 0 Å². The van der Waals surface area contributed by atoms with E-state index in [2.05, 4.69) is 30.9 Å². The predicted molar refractivity (Wildman–Crippen MR) is 75.5 cm³/mol. The van der Waals surface area contributed by atoms with Crippen LogP contribution in [0.4, 0.5) is 0 Å². The third-order valence-electron chi connectivity index (χ3n) is 2.55. The number of aromatic nitrogens is 3. The van der Waals surface area contributed by atoms with Gasteiger partial charge in [-0.3, -0.25) is 4.98 Å². The molecular formula is C13H7BrClN3. The molecule has 2 aromatic heterocycles. The minimum Gasteiger partial charge on any atom is -0.265 e. The molecule has 0 radical (unpaired) electrons. The molecule has 2 heterocycles. The largest absolute Gasteiger partial charge is 0.265 e. The number of fused-ring (bicyclic) bond motifs is 1. The lowest BCUT2D eigenvalue weighted by molar-refractivity contribution is 1.21. The summed E-state index contributed by atoms with van der Waals surface area (Å²) in [6, 6.07) is 9.47. The lowest BCUT2D eigenvalue weighted by atomic mass is 10.2. The van der Waals surface area contributed by atoms with E-state index >= 15 is 0 Å². The second kappa shape index (κ2) is 4.63. The maximum atomic E-state index is 6.20. The van der Waals surface area contributed by atoms with Gasteiger partial charge in [0, 0.05) is 27.8 Å². The molecule has 0 saturated carbocycles. The Morgan fingerprint density at radius 3 is 2.56 bits per heavy atom. The van der Waals surface area contributed by atoms with Crippen LogP contribution in [0.2, 0.25) is 5.15 Å². The molecule has 3 rings (SSSR count). The zero-order chi connectivity index (χ0) is 12.5. The van der Waals surface area contributed by atoms with Gasteiger partial charge < -0.3 is 0 Å². The first-order valence-corrected chi connectivity index (χ1v) is 6.44.